The SMILES string of the molecule is O[C@H]1CCC[C@@H]1n1ccnc1-c1cccs1. The third-order valence-electron chi connectivity index (χ3n) is 3.21. The second-order valence-corrected chi connectivity index (χ2v) is 5.15. The minimum Gasteiger partial charge on any atom is -0.391 e. The monoisotopic (exact) mass is 234 g/mol. The molecule has 1 saturated carbocycles. The minimum absolute atomic E-state index is 0.208. The Morgan fingerprint density at radius 1 is 1.44 bits per heavy atom. The lowest BCUT2D eigenvalue weighted by Gasteiger charge is -2.18. The number of hydrogen-bond acceptors (Lipinski definition) is 3. The van der Waals surface area contributed by atoms with Crippen molar-refractivity contribution in [2.45, 2.75) is 31.4 Å². The summed E-state index contributed by atoms with van der Waals surface area (Å²) in [4.78, 5) is 5.57. The van der Waals surface area contributed by atoms with Crippen LogP contribution in [0, 0.1) is 0 Å². The van der Waals surface area contributed by atoms with Crippen molar-refractivity contribution in [3.63, 3.8) is 0 Å². The fraction of sp³-hybridized carbons (Fsp3) is 0.417. The summed E-state index contributed by atoms with van der Waals surface area (Å²) in [7, 11) is 0. The van der Waals surface area contributed by atoms with Crippen molar-refractivity contribution in [1.29, 1.82) is 0 Å². The van der Waals surface area contributed by atoms with Gasteiger partial charge in [-0.05, 0) is 30.7 Å². The number of hydrogen-bond donors (Lipinski definition) is 1. The van der Waals surface area contributed by atoms with Gasteiger partial charge in [-0.2, -0.15) is 0 Å². The van der Waals surface area contributed by atoms with Gasteiger partial charge in [0.05, 0.1) is 17.0 Å². The molecule has 1 aliphatic carbocycles. The van der Waals surface area contributed by atoms with Crippen molar-refractivity contribution in [3.05, 3.63) is 29.9 Å². The second kappa shape index (κ2) is 4.03. The molecule has 2 heterocycles. The van der Waals surface area contributed by atoms with Gasteiger partial charge >= 0.3 is 0 Å². The van der Waals surface area contributed by atoms with Crippen LogP contribution in [0.3, 0.4) is 0 Å². The summed E-state index contributed by atoms with van der Waals surface area (Å²) in [6.45, 7) is 0. The Balaban J connectivity index is 1.99. The summed E-state index contributed by atoms with van der Waals surface area (Å²) in [6, 6.07) is 4.31. The smallest absolute Gasteiger partial charge is 0.150 e. The first-order chi connectivity index (χ1) is 7.86. The van der Waals surface area contributed by atoms with Gasteiger partial charge in [0.15, 0.2) is 0 Å². The summed E-state index contributed by atoms with van der Waals surface area (Å²) in [5.41, 5.74) is 0. The van der Waals surface area contributed by atoms with E-state index in [2.05, 4.69) is 21.0 Å². The van der Waals surface area contributed by atoms with Crippen molar-refractivity contribution in [3.8, 4) is 10.7 Å². The average Bonchev–Trinajstić information content (AvgIpc) is 2.95. The maximum absolute atomic E-state index is 9.94. The third-order valence-corrected chi connectivity index (χ3v) is 4.08. The van der Waals surface area contributed by atoms with Crippen LogP contribution in [0.2, 0.25) is 0 Å². The van der Waals surface area contributed by atoms with Gasteiger partial charge in [-0.15, -0.1) is 11.3 Å². The molecule has 4 heteroatoms. The van der Waals surface area contributed by atoms with E-state index in [1.54, 1.807) is 11.3 Å². The van der Waals surface area contributed by atoms with Crippen LogP contribution in [0.15, 0.2) is 29.9 Å². The van der Waals surface area contributed by atoms with Gasteiger partial charge in [-0.3, -0.25) is 0 Å². The maximum atomic E-state index is 9.94. The molecule has 0 bridgehead atoms. The molecule has 1 fully saturated rings. The number of rotatable bonds is 2. The molecule has 84 valence electrons. The zero-order chi connectivity index (χ0) is 11.0. The normalized spacial score (nSPS) is 25.1. The van der Waals surface area contributed by atoms with E-state index in [1.807, 2.05) is 18.5 Å². The fourth-order valence-corrected chi connectivity index (χ4v) is 3.15. The predicted molar refractivity (Wildman–Crippen MR) is 64.4 cm³/mol. The van der Waals surface area contributed by atoms with E-state index in [0.29, 0.717) is 0 Å². The lowest BCUT2D eigenvalue weighted by Crippen LogP contribution is -2.18. The van der Waals surface area contributed by atoms with Gasteiger partial charge in [0.25, 0.3) is 0 Å². The Kier molecular flexibility index (Phi) is 2.53. The van der Waals surface area contributed by atoms with Gasteiger partial charge in [0.1, 0.15) is 5.82 Å². The molecule has 0 aromatic carbocycles. The van der Waals surface area contributed by atoms with E-state index in [1.165, 1.54) is 4.88 Å². The van der Waals surface area contributed by atoms with Crippen LogP contribution in [0.25, 0.3) is 10.7 Å². The van der Waals surface area contributed by atoms with Crippen LogP contribution in [-0.2, 0) is 0 Å². The molecular formula is C12H14N2OS. The predicted octanol–water partition coefficient (Wildman–Crippen LogP) is 2.70. The van der Waals surface area contributed by atoms with E-state index in [4.69, 9.17) is 0 Å². The van der Waals surface area contributed by atoms with Crippen molar-refractivity contribution in [1.82, 2.24) is 9.55 Å². The molecule has 3 rings (SSSR count). The summed E-state index contributed by atoms with van der Waals surface area (Å²) < 4.78 is 2.13. The van der Waals surface area contributed by atoms with Crippen molar-refractivity contribution in [2.24, 2.45) is 0 Å². The molecule has 0 radical (unpaired) electrons. The Labute approximate surface area is 98.4 Å². The van der Waals surface area contributed by atoms with Gasteiger partial charge in [-0.25, -0.2) is 4.98 Å². The van der Waals surface area contributed by atoms with E-state index in [-0.39, 0.29) is 12.1 Å². The summed E-state index contributed by atoms with van der Waals surface area (Å²) >= 11 is 1.69. The largest absolute Gasteiger partial charge is 0.391 e. The molecular weight excluding hydrogens is 220 g/mol. The molecule has 1 aliphatic rings. The van der Waals surface area contributed by atoms with E-state index >= 15 is 0 Å². The number of aromatic nitrogens is 2. The van der Waals surface area contributed by atoms with Gasteiger partial charge in [-0.1, -0.05) is 6.07 Å². The molecule has 16 heavy (non-hydrogen) atoms. The first-order valence-electron chi connectivity index (χ1n) is 5.61. The molecule has 2 aromatic rings. The topological polar surface area (TPSA) is 38.0 Å². The standard InChI is InChI=1S/C12H14N2OS/c15-10-4-1-3-9(10)14-7-6-13-12(14)11-5-2-8-16-11/h2,5-10,15H,1,3-4H2/t9-,10-/m0/s1. The number of imidazole rings is 1. The molecule has 0 amide bonds. The van der Waals surface area contributed by atoms with Crippen LogP contribution in [-0.4, -0.2) is 20.8 Å². The lowest BCUT2D eigenvalue weighted by molar-refractivity contribution is 0.137. The molecule has 3 nitrogen and oxygen atoms in total. The van der Waals surface area contributed by atoms with E-state index < -0.39 is 0 Å². The Morgan fingerprint density at radius 2 is 2.38 bits per heavy atom. The third kappa shape index (κ3) is 1.58. The van der Waals surface area contributed by atoms with Crippen molar-refractivity contribution in [2.75, 3.05) is 0 Å². The van der Waals surface area contributed by atoms with Gasteiger partial charge < -0.3 is 9.67 Å². The zero-order valence-corrected chi connectivity index (χ0v) is 9.73. The van der Waals surface area contributed by atoms with Crippen LogP contribution in [0.1, 0.15) is 25.3 Å². The molecule has 0 saturated heterocycles. The second-order valence-electron chi connectivity index (χ2n) is 4.20. The Bertz CT molecular complexity index is 463. The van der Waals surface area contributed by atoms with Gasteiger partial charge in [0.2, 0.25) is 0 Å². The van der Waals surface area contributed by atoms with Crippen LogP contribution in [0.5, 0.6) is 0 Å². The first kappa shape index (κ1) is 10.1. The summed E-state index contributed by atoms with van der Waals surface area (Å²) in [5, 5.41) is 12.0. The van der Waals surface area contributed by atoms with Crippen molar-refractivity contribution < 1.29 is 5.11 Å². The maximum Gasteiger partial charge on any atom is 0.150 e. The van der Waals surface area contributed by atoms with Crippen LogP contribution in [0.4, 0.5) is 0 Å². The number of thiophene rings is 1. The highest BCUT2D eigenvalue weighted by atomic mass is 32.1. The molecule has 2 atom stereocenters. The molecule has 2 aromatic heterocycles. The summed E-state index contributed by atoms with van der Waals surface area (Å²) in [5.74, 6) is 0.987. The summed E-state index contributed by atoms with van der Waals surface area (Å²) in [6.07, 6.45) is 6.65. The van der Waals surface area contributed by atoms with E-state index in [0.717, 1.165) is 25.1 Å². The fourth-order valence-electron chi connectivity index (χ4n) is 2.42. The molecule has 0 spiro atoms. The average molecular weight is 234 g/mol. The lowest BCUT2D eigenvalue weighted by atomic mass is 10.2. The van der Waals surface area contributed by atoms with Crippen molar-refractivity contribution >= 4 is 11.3 Å². The van der Waals surface area contributed by atoms with Crippen LogP contribution < -0.4 is 0 Å². The number of aliphatic hydroxyl groups is 1. The number of aliphatic hydroxyl groups excluding tert-OH is 1. The Morgan fingerprint density at radius 3 is 3.06 bits per heavy atom. The molecule has 1 N–H and O–H groups in total. The van der Waals surface area contributed by atoms with E-state index in [9.17, 15) is 5.11 Å². The first-order valence-corrected chi connectivity index (χ1v) is 6.49. The van der Waals surface area contributed by atoms with Crippen LogP contribution >= 0.6 is 11.3 Å². The zero-order valence-electron chi connectivity index (χ0n) is 8.91. The highest BCUT2D eigenvalue weighted by Crippen LogP contribution is 2.34. The van der Waals surface area contributed by atoms with Gasteiger partial charge in [0, 0.05) is 12.4 Å². The minimum atomic E-state index is -0.215. The quantitative estimate of drug-likeness (QED) is 0.867. The molecule has 0 aliphatic heterocycles. The number of nitrogens with zero attached hydrogens (tertiary/aromatic N) is 2. The highest BCUT2D eigenvalue weighted by molar-refractivity contribution is 7.13. The Hall–Kier alpha value is -1.13. The highest BCUT2D eigenvalue weighted by Gasteiger charge is 2.28. The molecule has 0 unspecified atom stereocenters.